The fourth-order valence-electron chi connectivity index (χ4n) is 1.74. The van der Waals surface area contributed by atoms with Crippen molar-refractivity contribution in [2.24, 2.45) is 5.41 Å². The largest absolute Gasteiger partial charge is 0.345 e. The van der Waals surface area contributed by atoms with Crippen molar-refractivity contribution >= 4 is 9.24 Å². The lowest BCUT2D eigenvalue weighted by atomic mass is 9.86. The SMILES string of the molecule is CN[C@@H](CCC(C)(C)C(F)(F)P)c1cnc(C)[nH]1. The first kappa shape index (κ1) is 15.5. The van der Waals surface area contributed by atoms with Crippen LogP contribution in [0.4, 0.5) is 8.78 Å². The number of aryl methyl sites for hydroxylation is 1. The highest BCUT2D eigenvalue weighted by Crippen LogP contribution is 2.45. The van der Waals surface area contributed by atoms with Gasteiger partial charge in [0, 0.05) is 17.7 Å². The topological polar surface area (TPSA) is 40.7 Å². The van der Waals surface area contributed by atoms with Gasteiger partial charge in [-0.3, -0.25) is 0 Å². The van der Waals surface area contributed by atoms with Crippen LogP contribution in [0.15, 0.2) is 6.20 Å². The highest BCUT2D eigenvalue weighted by molar-refractivity contribution is 7.18. The number of hydrogen-bond donors (Lipinski definition) is 2. The van der Waals surface area contributed by atoms with E-state index in [-0.39, 0.29) is 6.04 Å². The fourth-order valence-corrected chi connectivity index (χ4v) is 1.89. The standard InChI is InChI=1S/C12H22F2N3P/c1-8-16-7-10(17-8)9(15-4)5-6-11(2,3)12(13,14)18/h7,9,15H,5-6,18H2,1-4H3,(H,16,17)/t9-/m0/s1. The first-order valence-electron chi connectivity index (χ1n) is 6.03. The lowest BCUT2D eigenvalue weighted by Crippen LogP contribution is -2.31. The molecule has 2 atom stereocenters. The molecule has 1 aromatic rings. The number of hydrogen-bond acceptors (Lipinski definition) is 2. The molecule has 1 rings (SSSR count). The van der Waals surface area contributed by atoms with E-state index in [2.05, 4.69) is 15.3 Å². The molecule has 0 aromatic carbocycles. The molecular weight excluding hydrogens is 255 g/mol. The Morgan fingerprint density at radius 1 is 1.50 bits per heavy atom. The molecule has 0 aliphatic heterocycles. The Balaban J connectivity index is 2.66. The van der Waals surface area contributed by atoms with Gasteiger partial charge in [-0.25, -0.2) is 13.8 Å². The summed E-state index contributed by atoms with van der Waals surface area (Å²) >= 11 is 0. The molecular formula is C12H22F2N3P. The van der Waals surface area contributed by atoms with Crippen molar-refractivity contribution in [2.75, 3.05) is 7.05 Å². The summed E-state index contributed by atoms with van der Waals surface area (Å²) in [4.78, 5) is 7.27. The van der Waals surface area contributed by atoms with Crippen molar-refractivity contribution in [1.29, 1.82) is 0 Å². The minimum Gasteiger partial charge on any atom is -0.345 e. The minimum absolute atomic E-state index is 0.0258. The summed E-state index contributed by atoms with van der Waals surface area (Å²) in [6, 6.07) is 0.0258. The van der Waals surface area contributed by atoms with Crippen LogP contribution in [0.25, 0.3) is 0 Å². The zero-order chi connectivity index (χ0) is 14.0. The third-order valence-electron chi connectivity index (χ3n) is 3.41. The van der Waals surface area contributed by atoms with E-state index in [9.17, 15) is 8.78 Å². The van der Waals surface area contributed by atoms with Crippen molar-refractivity contribution in [2.45, 2.75) is 45.3 Å². The van der Waals surface area contributed by atoms with Crippen LogP contribution in [0, 0.1) is 12.3 Å². The van der Waals surface area contributed by atoms with Crippen molar-refractivity contribution in [3.63, 3.8) is 0 Å². The molecule has 104 valence electrons. The third kappa shape index (κ3) is 3.72. The molecule has 0 aliphatic carbocycles. The second-order valence-corrected chi connectivity index (χ2v) is 6.04. The molecule has 0 spiro atoms. The van der Waals surface area contributed by atoms with Gasteiger partial charge in [-0.1, -0.05) is 23.1 Å². The van der Waals surface area contributed by atoms with Gasteiger partial charge in [-0.05, 0) is 26.8 Å². The molecule has 0 radical (unpaired) electrons. The normalized spacial score (nSPS) is 14.8. The Bertz CT molecular complexity index is 385. The maximum atomic E-state index is 13.4. The lowest BCUT2D eigenvalue weighted by molar-refractivity contribution is -0.0258. The number of nitrogens with one attached hydrogen (secondary N) is 2. The number of imidazole rings is 1. The Morgan fingerprint density at radius 2 is 2.11 bits per heavy atom. The molecule has 1 aromatic heterocycles. The Morgan fingerprint density at radius 3 is 2.50 bits per heavy atom. The van der Waals surface area contributed by atoms with E-state index >= 15 is 0 Å². The van der Waals surface area contributed by atoms with Crippen LogP contribution >= 0.6 is 9.24 Å². The average molecular weight is 277 g/mol. The van der Waals surface area contributed by atoms with Gasteiger partial charge in [0.15, 0.2) is 0 Å². The average Bonchev–Trinajstić information content (AvgIpc) is 2.64. The van der Waals surface area contributed by atoms with Crippen LogP contribution in [-0.2, 0) is 0 Å². The van der Waals surface area contributed by atoms with E-state index in [0.717, 1.165) is 11.5 Å². The highest BCUT2D eigenvalue weighted by atomic mass is 31.0. The van der Waals surface area contributed by atoms with E-state index < -0.39 is 11.1 Å². The van der Waals surface area contributed by atoms with E-state index in [1.807, 2.05) is 14.0 Å². The van der Waals surface area contributed by atoms with Gasteiger partial charge in [0.1, 0.15) is 5.82 Å². The highest BCUT2D eigenvalue weighted by Gasteiger charge is 2.41. The summed E-state index contributed by atoms with van der Waals surface area (Å²) in [5, 5.41) is 3.13. The van der Waals surface area contributed by atoms with Crippen molar-refractivity contribution in [1.82, 2.24) is 15.3 Å². The summed E-state index contributed by atoms with van der Waals surface area (Å²) in [5.41, 5.74) is -2.85. The van der Waals surface area contributed by atoms with Crippen molar-refractivity contribution < 1.29 is 8.78 Å². The minimum atomic E-state index is -2.75. The molecule has 2 N–H and O–H groups in total. The molecule has 0 saturated heterocycles. The molecule has 1 heterocycles. The number of halogens is 2. The van der Waals surface area contributed by atoms with Crippen LogP contribution < -0.4 is 5.32 Å². The molecule has 0 amide bonds. The molecule has 0 aliphatic rings. The monoisotopic (exact) mass is 277 g/mol. The van der Waals surface area contributed by atoms with Crippen LogP contribution in [0.3, 0.4) is 0 Å². The summed E-state index contributed by atoms with van der Waals surface area (Å²) in [6.45, 7) is 5.05. The Hall–Kier alpha value is -0.540. The Kier molecular flexibility index (Phi) is 4.84. The predicted molar refractivity (Wildman–Crippen MR) is 72.8 cm³/mol. The Labute approximate surface area is 109 Å². The maximum Gasteiger partial charge on any atom is 0.263 e. The van der Waals surface area contributed by atoms with Gasteiger partial charge in [0.25, 0.3) is 5.66 Å². The van der Waals surface area contributed by atoms with Crippen molar-refractivity contribution in [3.05, 3.63) is 17.7 Å². The van der Waals surface area contributed by atoms with Crippen LogP contribution in [0.1, 0.15) is 44.2 Å². The van der Waals surface area contributed by atoms with Gasteiger partial charge in [0.05, 0.1) is 5.69 Å². The third-order valence-corrected chi connectivity index (χ3v) is 4.19. The molecule has 0 bridgehead atoms. The molecule has 3 nitrogen and oxygen atoms in total. The zero-order valence-corrected chi connectivity index (χ0v) is 12.5. The molecule has 18 heavy (non-hydrogen) atoms. The molecule has 0 saturated carbocycles. The first-order chi connectivity index (χ1) is 8.17. The summed E-state index contributed by atoms with van der Waals surface area (Å²) in [6.07, 6.45) is 2.81. The number of aromatic amines is 1. The summed E-state index contributed by atoms with van der Waals surface area (Å²) in [7, 11) is 3.47. The molecule has 1 unspecified atom stereocenters. The number of H-pyrrole nitrogens is 1. The molecule has 6 heteroatoms. The second kappa shape index (κ2) is 5.62. The number of alkyl halides is 2. The summed E-state index contributed by atoms with van der Waals surface area (Å²) < 4.78 is 26.8. The van der Waals surface area contributed by atoms with Gasteiger partial charge < -0.3 is 10.3 Å². The smallest absolute Gasteiger partial charge is 0.263 e. The van der Waals surface area contributed by atoms with Crippen LogP contribution in [0.5, 0.6) is 0 Å². The molecule has 0 fully saturated rings. The zero-order valence-electron chi connectivity index (χ0n) is 11.3. The van der Waals surface area contributed by atoms with Crippen LogP contribution in [0.2, 0.25) is 0 Å². The lowest BCUT2D eigenvalue weighted by Gasteiger charge is -2.32. The van der Waals surface area contributed by atoms with Gasteiger partial charge in [0.2, 0.25) is 0 Å². The number of nitrogens with zero attached hydrogens (tertiary/aromatic N) is 1. The first-order valence-corrected chi connectivity index (χ1v) is 6.60. The van der Waals surface area contributed by atoms with Gasteiger partial charge >= 0.3 is 0 Å². The predicted octanol–water partition coefficient (Wildman–Crippen LogP) is 3.25. The number of aromatic nitrogens is 2. The maximum absolute atomic E-state index is 13.4. The van der Waals surface area contributed by atoms with Gasteiger partial charge in [-0.15, -0.1) is 0 Å². The van der Waals surface area contributed by atoms with Crippen LogP contribution in [-0.4, -0.2) is 22.7 Å². The number of rotatable bonds is 6. The summed E-state index contributed by atoms with van der Waals surface area (Å²) in [5.74, 6) is 0.834. The quantitative estimate of drug-likeness (QED) is 0.784. The van der Waals surface area contributed by atoms with E-state index in [1.54, 1.807) is 29.3 Å². The fraction of sp³-hybridized carbons (Fsp3) is 0.750. The van der Waals surface area contributed by atoms with Gasteiger partial charge in [-0.2, -0.15) is 0 Å². The van der Waals surface area contributed by atoms with E-state index in [0.29, 0.717) is 12.8 Å². The second-order valence-electron chi connectivity index (χ2n) is 5.31. The van der Waals surface area contributed by atoms with E-state index in [4.69, 9.17) is 0 Å². The van der Waals surface area contributed by atoms with E-state index in [1.165, 1.54) is 0 Å². The van der Waals surface area contributed by atoms with Crippen molar-refractivity contribution in [3.8, 4) is 0 Å².